The Balaban J connectivity index is 1.76. The van der Waals surface area contributed by atoms with Crippen LogP contribution in [0.25, 0.3) is 0 Å². The molecular weight excluding hydrogens is 299 g/mol. The fourth-order valence-electron chi connectivity index (χ4n) is 2.61. The van der Waals surface area contributed by atoms with Gasteiger partial charge in [-0.3, -0.25) is 9.48 Å². The number of halogens is 3. The molecule has 0 unspecified atom stereocenters. The number of rotatable bonds is 2. The van der Waals surface area contributed by atoms with Crippen LogP contribution in [0.1, 0.15) is 28.3 Å². The first-order valence-corrected chi connectivity index (χ1v) is 6.76. The molecule has 118 valence electrons. The second-order valence-corrected chi connectivity index (χ2v) is 5.27. The number of hydrogen-bond acceptors (Lipinski definition) is 3. The number of aryl methyl sites for hydroxylation is 2. The van der Waals surface area contributed by atoms with Gasteiger partial charge in [-0.25, -0.2) is 4.98 Å². The Hall–Kier alpha value is -2.32. The number of carbonyl (C=O) groups excluding carboxylic acids is 1. The molecule has 0 radical (unpaired) electrons. The van der Waals surface area contributed by atoms with E-state index in [1.807, 2.05) is 4.57 Å². The summed E-state index contributed by atoms with van der Waals surface area (Å²) in [6.07, 6.45) is 1.21. The third-order valence-corrected chi connectivity index (χ3v) is 3.61. The highest BCUT2D eigenvalue weighted by Gasteiger charge is 2.39. The summed E-state index contributed by atoms with van der Waals surface area (Å²) >= 11 is 0. The lowest BCUT2D eigenvalue weighted by atomic mass is 10.1. The lowest BCUT2D eigenvalue weighted by Gasteiger charge is -2.24. The summed E-state index contributed by atoms with van der Waals surface area (Å²) in [5, 5.41) is 5.99. The number of alkyl halides is 3. The number of hydrogen-bond donors (Lipinski definition) is 1. The highest BCUT2D eigenvalue weighted by Crippen LogP contribution is 2.30. The quantitative estimate of drug-likeness (QED) is 0.911. The fourth-order valence-corrected chi connectivity index (χ4v) is 2.61. The van der Waals surface area contributed by atoms with E-state index in [9.17, 15) is 18.0 Å². The van der Waals surface area contributed by atoms with Gasteiger partial charge in [0.05, 0.1) is 5.56 Å². The highest BCUT2D eigenvalue weighted by atomic mass is 19.4. The van der Waals surface area contributed by atoms with Crippen molar-refractivity contribution in [2.45, 2.75) is 31.6 Å². The molecule has 1 N–H and O–H groups in total. The first-order valence-electron chi connectivity index (χ1n) is 6.76. The second kappa shape index (κ2) is 5.15. The van der Waals surface area contributed by atoms with Crippen molar-refractivity contribution in [1.82, 2.24) is 24.6 Å². The molecule has 22 heavy (non-hydrogen) atoms. The largest absolute Gasteiger partial charge is 0.435 e. The summed E-state index contributed by atoms with van der Waals surface area (Å²) in [6, 6.07) is -0.226. The molecule has 1 atom stereocenters. The zero-order chi connectivity index (χ0) is 15.9. The van der Waals surface area contributed by atoms with Crippen molar-refractivity contribution in [1.29, 1.82) is 0 Å². The minimum absolute atomic E-state index is 0.226. The molecule has 3 rings (SSSR count). The van der Waals surface area contributed by atoms with Gasteiger partial charge in [0, 0.05) is 44.6 Å². The normalized spacial score (nSPS) is 18.1. The third-order valence-electron chi connectivity index (χ3n) is 3.61. The molecule has 0 aliphatic carbocycles. The van der Waals surface area contributed by atoms with E-state index in [1.54, 1.807) is 12.4 Å². The number of nitrogens with one attached hydrogen (secondary N) is 1. The molecule has 0 saturated heterocycles. The Kier molecular flexibility index (Phi) is 3.42. The van der Waals surface area contributed by atoms with Gasteiger partial charge in [-0.2, -0.15) is 18.3 Å². The molecule has 2 aromatic rings. The molecule has 6 nitrogen and oxygen atoms in total. The summed E-state index contributed by atoms with van der Waals surface area (Å²) in [4.78, 5) is 16.3. The summed E-state index contributed by atoms with van der Waals surface area (Å²) in [6.45, 7) is 0.503. The average molecular weight is 313 g/mol. The van der Waals surface area contributed by atoms with Crippen LogP contribution in [-0.4, -0.2) is 31.3 Å². The molecule has 1 aliphatic rings. The third kappa shape index (κ3) is 2.70. The van der Waals surface area contributed by atoms with Gasteiger partial charge >= 0.3 is 6.18 Å². The van der Waals surface area contributed by atoms with E-state index in [-0.39, 0.29) is 6.04 Å². The van der Waals surface area contributed by atoms with Gasteiger partial charge in [-0.15, -0.1) is 0 Å². The topological polar surface area (TPSA) is 64.7 Å². The monoisotopic (exact) mass is 313 g/mol. The van der Waals surface area contributed by atoms with Crippen LogP contribution in [0.3, 0.4) is 0 Å². The minimum Gasteiger partial charge on any atom is -0.347 e. The minimum atomic E-state index is -4.65. The maximum Gasteiger partial charge on any atom is 0.435 e. The molecule has 3 heterocycles. The SMILES string of the molecule is Cn1cc(C(=O)N[C@H]2CCc3nccn3C2)c(C(F)(F)F)n1. The van der Waals surface area contributed by atoms with Crippen LogP contribution in [0.4, 0.5) is 13.2 Å². The number of amides is 1. The van der Waals surface area contributed by atoms with E-state index in [2.05, 4.69) is 15.4 Å². The van der Waals surface area contributed by atoms with E-state index in [0.717, 1.165) is 16.7 Å². The number of carbonyl (C=O) groups is 1. The fraction of sp³-hybridized carbons (Fsp3) is 0.462. The first kappa shape index (κ1) is 14.6. The van der Waals surface area contributed by atoms with Gasteiger partial charge < -0.3 is 9.88 Å². The van der Waals surface area contributed by atoms with Crippen LogP contribution in [0, 0.1) is 0 Å². The van der Waals surface area contributed by atoms with Gasteiger partial charge in [-0.1, -0.05) is 0 Å². The molecule has 9 heteroatoms. The lowest BCUT2D eigenvalue weighted by Crippen LogP contribution is -2.41. The maximum atomic E-state index is 12.9. The van der Waals surface area contributed by atoms with Crippen molar-refractivity contribution in [3.63, 3.8) is 0 Å². The highest BCUT2D eigenvalue weighted by molar-refractivity contribution is 5.95. The van der Waals surface area contributed by atoms with E-state index >= 15 is 0 Å². The zero-order valence-electron chi connectivity index (χ0n) is 11.8. The molecule has 0 aromatic carbocycles. The van der Waals surface area contributed by atoms with Crippen LogP contribution < -0.4 is 5.32 Å². The molecule has 0 bridgehead atoms. The van der Waals surface area contributed by atoms with E-state index in [0.29, 0.717) is 19.4 Å². The van der Waals surface area contributed by atoms with Crippen molar-refractivity contribution in [3.8, 4) is 0 Å². The van der Waals surface area contributed by atoms with E-state index in [1.165, 1.54) is 7.05 Å². The number of nitrogens with zero attached hydrogens (tertiary/aromatic N) is 4. The van der Waals surface area contributed by atoms with Crippen LogP contribution in [0.2, 0.25) is 0 Å². The lowest BCUT2D eigenvalue weighted by molar-refractivity contribution is -0.141. The van der Waals surface area contributed by atoms with Gasteiger partial charge in [0.15, 0.2) is 5.69 Å². The molecule has 0 spiro atoms. The van der Waals surface area contributed by atoms with Crippen molar-refractivity contribution in [2.24, 2.45) is 7.05 Å². The van der Waals surface area contributed by atoms with E-state index in [4.69, 9.17) is 0 Å². The van der Waals surface area contributed by atoms with Crippen LogP contribution in [0.15, 0.2) is 18.6 Å². The molecule has 0 saturated carbocycles. The average Bonchev–Trinajstić information content (AvgIpc) is 3.03. The maximum absolute atomic E-state index is 12.9. The Morgan fingerprint density at radius 3 is 2.95 bits per heavy atom. The summed E-state index contributed by atoms with van der Waals surface area (Å²) in [5.41, 5.74) is -1.61. The van der Waals surface area contributed by atoms with Crippen LogP contribution in [0.5, 0.6) is 0 Å². The first-order chi connectivity index (χ1) is 10.3. The standard InChI is InChI=1S/C13H14F3N5O/c1-20-7-9(11(19-20)13(14,15)16)12(22)18-8-2-3-10-17-4-5-21(10)6-8/h4-5,7-8H,2-3,6H2,1H3,(H,18,22)/t8-/m0/s1. The summed E-state index contributed by atoms with van der Waals surface area (Å²) in [5.74, 6) is 0.164. The second-order valence-electron chi connectivity index (χ2n) is 5.27. The molecular formula is C13H14F3N5O. The zero-order valence-corrected chi connectivity index (χ0v) is 11.8. The number of aromatic nitrogens is 4. The molecule has 0 fully saturated rings. The van der Waals surface area contributed by atoms with Gasteiger partial charge in [-0.05, 0) is 6.42 Å². The smallest absolute Gasteiger partial charge is 0.347 e. The predicted octanol–water partition coefficient (Wildman–Crippen LogP) is 1.38. The van der Waals surface area contributed by atoms with Gasteiger partial charge in [0.25, 0.3) is 5.91 Å². The van der Waals surface area contributed by atoms with E-state index < -0.39 is 23.3 Å². The molecule has 1 amide bonds. The van der Waals surface area contributed by atoms with Crippen molar-refractivity contribution in [3.05, 3.63) is 35.7 Å². The number of imidazole rings is 1. The van der Waals surface area contributed by atoms with Gasteiger partial charge in [0.2, 0.25) is 0 Å². The van der Waals surface area contributed by atoms with Gasteiger partial charge in [0.1, 0.15) is 5.82 Å². The summed E-state index contributed by atoms with van der Waals surface area (Å²) < 4.78 is 41.5. The van der Waals surface area contributed by atoms with Crippen molar-refractivity contribution < 1.29 is 18.0 Å². The Morgan fingerprint density at radius 1 is 1.45 bits per heavy atom. The Bertz CT molecular complexity index is 703. The van der Waals surface area contributed by atoms with Crippen molar-refractivity contribution >= 4 is 5.91 Å². The molecule has 1 aliphatic heterocycles. The van der Waals surface area contributed by atoms with Crippen LogP contribution in [-0.2, 0) is 26.2 Å². The Labute approximate surface area is 123 Å². The van der Waals surface area contributed by atoms with Crippen LogP contribution >= 0.6 is 0 Å². The summed E-state index contributed by atoms with van der Waals surface area (Å²) in [7, 11) is 1.35. The predicted molar refractivity (Wildman–Crippen MR) is 70.0 cm³/mol. The Morgan fingerprint density at radius 2 is 2.23 bits per heavy atom. The van der Waals surface area contributed by atoms with Crippen molar-refractivity contribution in [2.75, 3.05) is 0 Å². The molecule has 2 aromatic heterocycles. The number of fused-ring (bicyclic) bond motifs is 1.